The van der Waals surface area contributed by atoms with Gasteiger partial charge in [-0.15, -0.1) is 0 Å². The molecule has 0 radical (unpaired) electrons. The summed E-state index contributed by atoms with van der Waals surface area (Å²) in [6, 6.07) is 7.74. The Hall–Kier alpha value is -1.84. The number of fused-ring (bicyclic) bond motifs is 1. The molecule has 0 amide bonds. The minimum Gasteiger partial charge on any atom is -0.481 e. The third-order valence-corrected chi connectivity index (χ3v) is 3.87. The zero-order chi connectivity index (χ0) is 12.7. The molecule has 2 aliphatic rings. The molecule has 1 aromatic rings. The fraction of sp³-hybridized carbons (Fsp3) is 0.429. The van der Waals surface area contributed by atoms with Gasteiger partial charge in [0.05, 0.1) is 12.0 Å². The summed E-state index contributed by atoms with van der Waals surface area (Å²) in [6.07, 6.45) is 2.15. The van der Waals surface area contributed by atoms with Crippen LogP contribution in [0.15, 0.2) is 24.3 Å². The van der Waals surface area contributed by atoms with Gasteiger partial charge in [-0.25, -0.2) is 0 Å². The van der Waals surface area contributed by atoms with Crippen LogP contribution in [0.4, 0.5) is 5.69 Å². The topological polar surface area (TPSA) is 66.4 Å². The zero-order valence-electron chi connectivity index (χ0n) is 9.93. The average Bonchev–Trinajstić information content (AvgIpc) is 3.17. The molecule has 3 atom stereocenters. The molecule has 4 nitrogen and oxygen atoms in total. The third kappa shape index (κ3) is 1.88. The number of para-hydroxylation sites is 1. The number of carbonyl (C=O) groups is 2. The molecule has 1 aliphatic carbocycles. The SMILES string of the molecule is O=C(O)C1CC1C(=O)C1CCc2ccccc2N1. The fourth-order valence-corrected chi connectivity index (χ4v) is 2.69. The number of Topliss-reactive ketones (excluding diaryl/α,β-unsaturated/α-hetero) is 1. The Morgan fingerprint density at radius 3 is 2.72 bits per heavy atom. The van der Waals surface area contributed by atoms with E-state index >= 15 is 0 Å². The second-order valence-electron chi connectivity index (χ2n) is 5.08. The van der Waals surface area contributed by atoms with Crippen molar-refractivity contribution < 1.29 is 14.7 Å². The van der Waals surface area contributed by atoms with E-state index in [-0.39, 0.29) is 17.7 Å². The monoisotopic (exact) mass is 245 g/mol. The summed E-state index contributed by atoms with van der Waals surface area (Å²) in [4.78, 5) is 22.9. The van der Waals surface area contributed by atoms with Crippen LogP contribution in [0.1, 0.15) is 18.4 Å². The second-order valence-corrected chi connectivity index (χ2v) is 5.08. The summed E-state index contributed by atoms with van der Waals surface area (Å²) >= 11 is 0. The van der Waals surface area contributed by atoms with Gasteiger partial charge in [0.25, 0.3) is 0 Å². The predicted octanol–water partition coefficient (Wildman–Crippen LogP) is 1.70. The number of anilines is 1. The second kappa shape index (κ2) is 4.12. The number of carboxylic acid groups (broad SMARTS) is 1. The molecule has 1 saturated carbocycles. The number of ketones is 1. The van der Waals surface area contributed by atoms with Gasteiger partial charge in [0.2, 0.25) is 0 Å². The van der Waals surface area contributed by atoms with E-state index in [9.17, 15) is 9.59 Å². The van der Waals surface area contributed by atoms with Crippen LogP contribution in [-0.2, 0) is 16.0 Å². The van der Waals surface area contributed by atoms with Crippen molar-refractivity contribution in [3.8, 4) is 0 Å². The molecule has 0 spiro atoms. The molecule has 1 aliphatic heterocycles. The van der Waals surface area contributed by atoms with Crippen molar-refractivity contribution in [2.75, 3.05) is 5.32 Å². The molecular formula is C14H15NO3. The van der Waals surface area contributed by atoms with Crippen molar-refractivity contribution in [1.29, 1.82) is 0 Å². The lowest BCUT2D eigenvalue weighted by Gasteiger charge is -2.26. The highest BCUT2D eigenvalue weighted by Crippen LogP contribution is 2.41. The van der Waals surface area contributed by atoms with Crippen LogP contribution >= 0.6 is 0 Å². The van der Waals surface area contributed by atoms with Gasteiger partial charge >= 0.3 is 5.97 Å². The Balaban J connectivity index is 1.70. The summed E-state index contributed by atoms with van der Waals surface area (Å²) in [5.74, 6) is -1.50. The van der Waals surface area contributed by atoms with Crippen LogP contribution in [0.2, 0.25) is 0 Å². The number of nitrogens with one attached hydrogen (secondary N) is 1. The van der Waals surface area contributed by atoms with Gasteiger partial charge in [-0.3, -0.25) is 9.59 Å². The van der Waals surface area contributed by atoms with Crippen molar-refractivity contribution in [3.05, 3.63) is 29.8 Å². The van der Waals surface area contributed by atoms with Gasteiger partial charge in [-0.2, -0.15) is 0 Å². The first-order chi connectivity index (χ1) is 8.66. The van der Waals surface area contributed by atoms with Crippen LogP contribution in [0.5, 0.6) is 0 Å². The van der Waals surface area contributed by atoms with Crippen LogP contribution in [0.25, 0.3) is 0 Å². The van der Waals surface area contributed by atoms with Crippen LogP contribution in [-0.4, -0.2) is 22.9 Å². The van der Waals surface area contributed by atoms with Crippen molar-refractivity contribution in [1.82, 2.24) is 0 Å². The number of rotatable bonds is 3. The molecule has 94 valence electrons. The van der Waals surface area contributed by atoms with E-state index < -0.39 is 11.9 Å². The standard InChI is InChI=1S/C14H15NO3/c16-13(9-7-10(9)14(17)18)12-6-5-8-3-1-2-4-11(8)15-12/h1-4,9-10,12,15H,5-7H2,(H,17,18). The van der Waals surface area contributed by atoms with Crippen LogP contribution < -0.4 is 5.32 Å². The van der Waals surface area contributed by atoms with E-state index in [0.717, 1.165) is 18.5 Å². The smallest absolute Gasteiger partial charge is 0.307 e. The van der Waals surface area contributed by atoms with Crippen molar-refractivity contribution >= 4 is 17.4 Å². The van der Waals surface area contributed by atoms with Crippen molar-refractivity contribution in [3.63, 3.8) is 0 Å². The van der Waals surface area contributed by atoms with Crippen LogP contribution in [0.3, 0.4) is 0 Å². The number of benzene rings is 1. The Bertz CT molecular complexity index is 512. The highest BCUT2D eigenvalue weighted by atomic mass is 16.4. The maximum Gasteiger partial charge on any atom is 0.307 e. The van der Waals surface area contributed by atoms with E-state index in [1.165, 1.54) is 5.56 Å². The highest BCUT2D eigenvalue weighted by Gasteiger charge is 2.50. The average molecular weight is 245 g/mol. The molecular weight excluding hydrogens is 230 g/mol. The van der Waals surface area contributed by atoms with Gasteiger partial charge in [-0.05, 0) is 30.9 Å². The molecule has 3 rings (SSSR count). The van der Waals surface area contributed by atoms with E-state index in [1.807, 2.05) is 18.2 Å². The Labute approximate surface area is 105 Å². The normalized spacial score (nSPS) is 29.0. The number of hydrogen-bond acceptors (Lipinski definition) is 3. The molecule has 1 aromatic carbocycles. The van der Waals surface area contributed by atoms with Crippen molar-refractivity contribution in [2.24, 2.45) is 11.8 Å². The summed E-state index contributed by atoms with van der Waals surface area (Å²) in [5.41, 5.74) is 2.24. The first kappa shape index (κ1) is 11.3. The molecule has 1 heterocycles. The largest absolute Gasteiger partial charge is 0.481 e. The third-order valence-electron chi connectivity index (χ3n) is 3.87. The van der Waals surface area contributed by atoms with E-state index in [1.54, 1.807) is 0 Å². The number of carbonyl (C=O) groups excluding carboxylic acids is 1. The van der Waals surface area contributed by atoms with Gasteiger partial charge in [0, 0.05) is 11.6 Å². The Morgan fingerprint density at radius 2 is 2.00 bits per heavy atom. The number of carboxylic acids is 1. The minimum absolute atomic E-state index is 0.0666. The molecule has 3 unspecified atom stereocenters. The maximum absolute atomic E-state index is 12.2. The molecule has 0 aromatic heterocycles. The molecule has 18 heavy (non-hydrogen) atoms. The predicted molar refractivity (Wildman–Crippen MR) is 66.4 cm³/mol. The summed E-state index contributed by atoms with van der Waals surface area (Å²) in [6.45, 7) is 0. The van der Waals surface area contributed by atoms with Gasteiger partial charge in [-0.1, -0.05) is 18.2 Å². The fourth-order valence-electron chi connectivity index (χ4n) is 2.69. The van der Waals surface area contributed by atoms with Crippen molar-refractivity contribution in [2.45, 2.75) is 25.3 Å². The summed E-state index contributed by atoms with van der Waals surface area (Å²) in [7, 11) is 0. The molecule has 1 fully saturated rings. The summed E-state index contributed by atoms with van der Waals surface area (Å²) in [5, 5.41) is 12.1. The lowest BCUT2D eigenvalue weighted by Crippen LogP contribution is -2.35. The van der Waals surface area contributed by atoms with E-state index in [4.69, 9.17) is 5.11 Å². The maximum atomic E-state index is 12.2. The Morgan fingerprint density at radius 1 is 1.22 bits per heavy atom. The van der Waals surface area contributed by atoms with Crippen LogP contribution in [0, 0.1) is 11.8 Å². The van der Waals surface area contributed by atoms with Gasteiger partial charge < -0.3 is 10.4 Å². The first-order valence-electron chi connectivity index (χ1n) is 6.28. The summed E-state index contributed by atoms with van der Waals surface area (Å²) < 4.78 is 0. The number of aliphatic carboxylic acids is 1. The molecule has 2 N–H and O–H groups in total. The number of hydrogen-bond donors (Lipinski definition) is 2. The molecule has 4 heteroatoms. The van der Waals surface area contributed by atoms with E-state index in [2.05, 4.69) is 11.4 Å². The zero-order valence-corrected chi connectivity index (χ0v) is 9.93. The minimum atomic E-state index is -0.843. The Kier molecular flexibility index (Phi) is 2.58. The van der Waals surface area contributed by atoms with Gasteiger partial charge in [0.1, 0.15) is 0 Å². The quantitative estimate of drug-likeness (QED) is 0.850. The first-order valence-corrected chi connectivity index (χ1v) is 6.28. The van der Waals surface area contributed by atoms with E-state index in [0.29, 0.717) is 6.42 Å². The molecule has 0 bridgehead atoms. The highest BCUT2D eigenvalue weighted by molar-refractivity contribution is 5.96. The number of aryl methyl sites for hydroxylation is 1. The lowest BCUT2D eigenvalue weighted by atomic mass is 9.93. The van der Waals surface area contributed by atoms with Gasteiger partial charge in [0.15, 0.2) is 5.78 Å². The molecule has 0 saturated heterocycles. The lowest BCUT2D eigenvalue weighted by molar-refractivity contribution is -0.140.